The van der Waals surface area contributed by atoms with Gasteiger partial charge in [-0.3, -0.25) is 14.6 Å². The fourth-order valence-electron chi connectivity index (χ4n) is 2.64. The molecule has 0 aliphatic carbocycles. The molecule has 0 saturated carbocycles. The van der Waals surface area contributed by atoms with Crippen LogP contribution in [0.2, 0.25) is 0 Å². The SMILES string of the molecule is O=C(NCc1ccccc1)c1ccnc(C(=O)NCCc2ccc(F)cc2)c1. The van der Waals surface area contributed by atoms with Crippen molar-refractivity contribution in [1.29, 1.82) is 0 Å². The van der Waals surface area contributed by atoms with Crippen molar-refractivity contribution in [3.63, 3.8) is 0 Å². The van der Waals surface area contributed by atoms with Gasteiger partial charge >= 0.3 is 0 Å². The summed E-state index contributed by atoms with van der Waals surface area (Å²) in [6.45, 7) is 0.789. The van der Waals surface area contributed by atoms with Crippen LogP contribution in [0, 0.1) is 5.82 Å². The van der Waals surface area contributed by atoms with Crippen LogP contribution in [0.5, 0.6) is 0 Å². The fraction of sp³-hybridized carbons (Fsp3) is 0.136. The van der Waals surface area contributed by atoms with Crippen molar-refractivity contribution >= 4 is 11.8 Å². The number of carbonyl (C=O) groups is 2. The van der Waals surface area contributed by atoms with Crippen LogP contribution in [0.1, 0.15) is 32.0 Å². The highest BCUT2D eigenvalue weighted by Gasteiger charge is 2.11. The van der Waals surface area contributed by atoms with Gasteiger partial charge in [0.15, 0.2) is 0 Å². The third kappa shape index (κ3) is 5.48. The summed E-state index contributed by atoms with van der Waals surface area (Å²) in [5, 5.41) is 5.58. The first-order valence-electron chi connectivity index (χ1n) is 8.92. The van der Waals surface area contributed by atoms with E-state index in [1.54, 1.807) is 18.2 Å². The second kappa shape index (κ2) is 9.41. The van der Waals surface area contributed by atoms with Crippen LogP contribution >= 0.6 is 0 Å². The van der Waals surface area contributed by atoms with Gasteiger partial charge in [0, 0.05) is 24.8 Å². The number of hydrogen-bond donors (Lipinski definition) is 2. The Morgan fingerprint density at radius 3 is 2.36 bits per heavy atom. The zero-order chi connectivity index (χ0) is 19.8. The van der Waals surface area contributed by atoms with Crippen LogP contribution in [-0.2, 0) is 13.0 Å². The molecule has 1 aromatic heterocycles. The molecule has 142 valence electrons. The van der Waals surface area contributed by atoms with Gasteiger partial charge in [0.05, 0.1) is 0 Å². The van der Waals surface area contributed by atoms with Crippen molar-refractivity contribution in [1.82, 2.24) is 15.6 Å². The van der Waals surface area contributed by atoms with Gasteiger partial charge in [-0.2, -0.15) is 0 Å². The summed E-state index contributed by atoms with van der Waals surface area (Å²) in [6, 6.07) is 18.7. The molecule has 3 aromatic rings. The number of carbonyl (C=O) groups excluding carboxylic acids is 2. The predicted octanol–water partition coefficient (Wildman–Crippen LogP) is 3.12. The minimum absolute atomic E-state index is 0.173. The summed E-state index contributed by atoms with van der Waals surface area (Å²) in [4.78, 5) is 28.6. The highest BCUT2D eigenvalue weighted by molar-refractivity contribution is 5.98. The molecule has 0 aliphatic heterocycles. The van der Waals surface area contributed by atoms with E-state index in [1.807, 2.05) is 30.3 Å². The normalized spacial score (nSPS) is 10.3. The minimum atomic E-state index is -0.361. The molecule has 0 atom stereocenters. The molecule has 2 N–H and O–H groups in total. The summed E-state index contributed by atoms with van der Waals surface area (Å²) in [7, 11) is 0. The number of pyridine rings is 1. The van der Waals surface area contributed by atoms with E-state index in [9.17, 15) is 14.0 Å². The summed E-state index contributed by atoms with van der Waals surface area (Å²) >= 11 is 0. The van der Waals surface area contributed by atoms with Crippen LogP contribution in [0.4, 0.5) is 4.39 Å². The van der Waals surface area contributed by atoms with Crippen LogP contribution in [0.3, 0.4) is 0 Å². The molecule has 0 radical (unpaired) electrons. The van der Waals surface area contributed by atoms with Crippen molar-refractivity contribution in [3.8, 4) is 0 Å². The van der Waals surface area contributed by atoms with Gasteiger partial charge in [-0.15, -0.1) is 0 Å². The number of benzene rings is 2. The Bertz CT molecular complexity index is 944. The number of amides is 2. The summed E-state index contributed by atoms with van der Waals surface area (Å²) < 4.78 is 12.9. The van der Waals surface area contributed by atoms with Crippen molar-refractivity contribution in [3.05, 3.63) is 101 Å². The zero-order valence-corrected chi connectivity index (χ0v) is 15.2. The Morgan fingerprint density at radius 2 is 1.61 bits per heavy atom. The molecule has 3 rings (SSSR count). The van der Waals surface area contributed by atoms with Crippen LogP contribution in [0.15, 0.2) is 72.9 Å². The van der Waals surface area contributed by atoms with E-state index in [-0.39, 0.29) is 23.3 Å². The Kier molecular flexibility index (Phi) is 6.46. The lowest BCUT2D eigenvalue weighted by Gasteiger charge is -2.08. The van der Waals surface area contributed by atoms with E-state index >= 15 is 0 Å². The second-order valence-electron chi connectivity index (χ2n) is 6.23. The predicted molar refractivity (Wildman–Crippen MR) is 104 cm³/mol. The van der Waals surface area contributed by atoms with Gasteiger partial charge in [0.2, 0.25) is 0 Å². The van der Waals surface area contributed by atoms with Crippen LogP contribution in [0.25, 0.3) is 0 Å². The summed E-state index contributed by atoms with van der Waals surface area (Å²) in [6.07, 6.45) is 2.01. The molecule has 2 amide bonds. The molecule has 0 bridgehead atoms. The van der Waals surface area contributed by atoms with Gasteiger partial charge in [0.1, 0.15) is 11.5 Å². The molecule has 0 spiro atoms. The van der Waals surface area contributed by atoms with E-state index < -0.39 is 0 Å². The lowest BCUT2D eigenvalue weighted by Crippen LogP contribution is -2.27. The highest BCUT2D eigenvalue weighted by atomic mass is 19.1. The first-order chi connectivity index (χ1) is 13.6. The number of nitrogens with one attached hydrogen (secondary N) is 2. The maximum Gasteiger partial charge on any atom is 0.269 e. The monoisotopic (exact) mass is 377 g/mol. The van der Waals surface area contributed by atoms with Gasteiger partial charge in [0.25, 0.3) is 11.8 Å². The van der Waals surface area contributed by atoms with Crippen LogP contribution < -0.4 is 10.6 Å². The van der Waals surface area contributed by atoms with Crippen molar-refractivity contribution in [2.24, 2.45) is 0 Å². The molecule has 2 aromatic carbocycles. The molecule has 0 fully saturated rings. The molecule has 6 heteroatoms. The summed E-state index contributed by atoms with van der Waals surface area (Å²) in [5.41, 5.74) is 2.45. The fourth-order valence-corrected chi connectivity index (χ4v) is 2.64. The van der Waals surface area contributed by atoms with Gasteiger partial charge in [-0.05, 0) is 41.8 Å². The average Bonchev–Trinajstić information content (AvgIpc) is 2.74. The van der Waals surface area contributed by atoms with Gasteiger partial charge in [-0.1, -0.05) is 42.5 Å². The van der Waals surface area contributed by atoms with E-state index in [4.69, 9.17) is 0 Å². The largest absolute Gasteiger partial charge is 0.350 e. The number of hydrogen-bond acceptors (Lipinski definition) is 3. The molecular weight excluding hydrogens is 357 g/mol. The van der Waals surface area contributed by atoms with Crippen molar-refractivity contribution < 1.29 is 14.0 Å². The minimum Gasteiger partial charge on any atom is -0.350 e. The lowest BCUT2D eigenvalue weighted by molar-refractivity contribution is 0.0949. The quantitative estimate of drug-likeness (QED) is 0.665. The summed E-state index contributed by atoms with van der Waals surface area (Å²) in [5.74, 6) is -0.925. The highest BCUT2D eigenvalue weighted by Crippen LogP contribution is 2.05. The van der Waals surface area contributed by atoms with Crippen LogP contribution in [-0.4, -0.2) is 23.3 Å². The molecule has 0 unspecified atom stereocenters. The Hall–Kier alpha value is -3.54. The third-order valence-corrected chi connectivity index (χ3v) is 4.16. The van der Waals surface area contributed by atoms with E-state index in [0.717, 1.165) is 11.1 Å². The van der Waals surface area contributed by atoms with Gasteiger partial charge in [-0.25, -0.2) is 4.39 Å². The molecule has 28 heavy (non-hydrogen) atoms. The maximum atomic E-state index is 12.9. The molecule has 5 nitrogen and oxygen atoms in total. The first kappa shape index (κ1) is 19.2. The Morgan fingerprint density at radius 1 is 0.857 bits per heavy atom. The molecular formula is C22H20FN3O2. The van der Waals surface area contributed by atoms with Gasteiger partial charge < -0.3 is 10.6 Å². The Labute approximate surface area is 162 Å². The lowest BCUT2D eigenvalue weighted by atomic mass is 10.1. The molecule has 1 heterocycles. The Balaban J connectivity index is 1.53. The number of nitrogens with zero attached hydrogens (tertiary/aromatic N) is 1. The van der Waals surface area contributed by atoms with Crippen molar-refractivity contribution in [2.45, 2.75) is 13.0 Å². The zero-order valence-electron chi connectivity index (χ0n) is 15.2. The van der Waals surface area contributed by atoms with E-state index in [0.29, 0.717) is 25.1 Å². The van der Waals surface area contributed by atoms with Crippen molar-refractivity contribution in [2.75, 3.05) is 6.54 Å². The molecule has 0 aliphatic rings. The second-order valence-corrected chi connectivity index (χ2v) is 6.23. The number of halogens is 1. The smallest absolute Gasteiger partial charge is 0.269 e. The first-order valence-corrected chi connectivity index (χ1v) is 8.92. The third-order valence-electron chi connectivity index (χ3n) is 4.16. The number of aromatic nitrogens is 1. The standard InChI is InChI=1S/C22H20FN3O2/c23-19-8-6-16(7-9-19)10-12-25-22(28)20-14-18(11-13-24-20)21(27)26-15-17-4-2-1-3-5-17/h1-9,11,13-14H,10,12,15H2,(H,25,28)(H,26,27). The average molecular weight is 377 g/mol. The molecule has 0 saturated heterocycles. The van der Waals surface area contributed by atoms with E-state index in [1.165, 1.54) is 24.4 Å². The topological polar surface area (TPSA) is 71.1 Å². The number of rotatable bonds is 7. The van der Waals surface area contributed by atoms with E-state index in [2.05, 4.69) is 15.6 Å². The maximum absolute atomic E-state index is 12.9.